The van der Waals surface area contributed by atoms with Crippen LogP contribution in [0.2, 0.25) is 0 Å². The molecule has 2 aliphatic rings. The van der Waals surface area contributed by atoms with Crippen molar-refractivity contribution < 1.29 is 38.8 Å². The van der Waals surface area contributed by atoms with Gasteiger partial charge in [0.1, 0.15) is 34.5 Å². The number of aryl methyl sites for hydroxylation is 2. The lowest BCUT2D eigenvalue weighted by atomic mass is 10.0. The van der Waals surface area contributed by atoms with Crippen molar-refractivity contribution in [3.05, 3.63) is 113 Å². The lowest BCUT2D eigenvalue weighted by molar-refractivity contribution is -0.385. The number of carbonyl (C=O) groups is 2. The molecule has 0 saturated heterocycles. The van der Waals surface area contributed by atoms with E-state index in [1.165, 1.54) is 25.3 Å². The van der Waals surface area contributed by atoms with Crippen LogP contribution in [0.15, 0.2) is 48.5 Å². The van der Waals surface area contributed by atoms with E-state index in [0.717, 1.165) is 47.9 Å². The Bertz CT molecular complexity index is 1920. The number of aldehydes is 2. The number of nitrogens with zero attached hydrogens (tertiary/aromatic N) is 2. The third-order valence-corrected chi connectivity index (χ3v) is 8.31. The number of carbonyl (C=O) groups excluding carboxylic acids is 2. The molecule has 4 aromatic carbocycles. The second-order valence-electron chi connectivity index (χ2n) is 11.3. The van der Waals surface area contributed by atoms with Crippen LogP contribution < -0.4 is 14.2 Å². The maximum Gasteiger partial charge on any atom is 0.273 e. The first-order valence-electron chi connectivity index (χ1n) is 14.9. The molecule has 0 radical (unpaired) electrons. The van der Waals surface area contributed by atoms with E-state index < -0.39 is 0 Å². The summed E-state index contributed by atoms with van der Waals surface area (Å²) in [5.41, 5.74) is 5.46. The molecular weight excluding hydrogens is 608 g/mol. The van der Waals surface area contributed by atoms with Crippen molar-refractivity contribution in [1.29, 1.82) is 0 Å². The number of phenolic OH excluding ortho intramolecular Hbond substituents is 1. The minimum atomic E-state index is -0.355. The number of rotatable bonds is 9. The fourth-order valence-electron chi connectivity index (χ4n) is 6.15. The normalized spacial score (nSPS) is 12.7. The van der Waals surface area contributed by atoms with Crippen LogP contribution in [0.4, 0.5) is 11.4 Å². The van der Waals surface area contributed by atoms with Gasteiger partial charge in [-0.3, -0.25) is 29.8 Å². The summed E-state index contributed by atoms with van der Waals surface area (Å²) in [5.74, 6) is 2.53. The Labute approximate surface area is 269 Å². The summed E-state index contributed by atoms with van der Waals surface area (Å²) >= 11 is 0. The number of ether oxygens (including phenoxy) is 3. The molecule has 0 heterocycles. The Kier molecular flexibility index (Phi) is 9.50. The predicted octanol–water partition coefficient (Wildman–Crippen LogP) is 7.71. The minimum Gasteiger partial charge on any atom is -0.507 e. The average Bonchev–Trinajstić information content (AvgIpc) is 3.75. The van der Waals surface area contributed by atoms with Gasteiger partial charge in [0.15, 0.2) is 12.6 Å². The molecule has 0 aliphatic heterocycles. The summed E-state index contributed by atoms with van der Waals surface area (Å²) in [6.07, 6.45) is 5.81. The van der Waals surface area contributed by atoms with Gasteiger partial charge < -0.3 is 19.3 Å². The van der Waals surface area contributed by atoms with Gasteiger partial charge in [-0.15, -0.1) is 0 Å². The molecule has 47 heavy (non-hydrogen) atoms. The van der Waals surface area contributed by atoms with Gasteiger partial charge in [0.05, 0.1) is 28.1 Å². The summed E-state index contributed by atoms with van der Waals surface area (Å²) in [4.78, 5) is 43.8. The summed E-state index contributed by atoms with van der Waals surface area (Å²) in [6, 6.07) is 12.5. The molecule has 0 saturated carbocycles. The highest BCUT2D eigenvalue weighted by Gasteiger charge is 2.29. The maximum atomic E-state index is 11.2. The molecule has 4 aromatic rings. The van der Waals surface area contributed by atoms with E-state index in [1.54, 1.807) is 44.2 Å². The Balaban J connectivity index is 0.000000185. The number of aromatic hydroxyl groups is 1. The standard InChI is InChI=1S/C18H17NO5.C17H15NO5/c1-11-8-16(19(21)22)14-4-3-5-15(14)18(11)24-13-6-7-17(23-2)12(9-13)10-20;1-10-7-15(18(21)22)13-3-2-4-14(13)17(10)23-12-5-6-16(20)11(8-12)9-19/h6-10H,3-5H2,1-2H3;5-9,20H,2-4H2,1H3. The monoisotopic (exact) mass is 640 g/mol. The van der Waals surface area contributed by atoms with Gasteiger partial charge in [-0.05, 0) is 99.9 Å². The molecular formula is C35H32N2O10. The van der Waals surface area contributed by atoms with Crippen molar-refractivity contribution in [1.82, 2.24) is 0 Å². The van der Waals surface area contributed by atoms with Crippen LogP contribution in [0.1, 0.15) is 66.9 Å². The summed E-state index contributed by atoms with van der Waals surface area (Å²) in [6.45, 7) is 3.56. The molecule has 0 spiro atoms. The third kappa shape index (κ3) is 6.62. The number of fused-ring (bicyclic) bond motifs is 2. The van der Waals surface area contributed by atoms with Crippen molar-refractivity contribution in [2.24, 2.45) is 0 Å². The fraction of sp³-hybridized carbons (Fsp3) is 0.257. The summed E-state index contributed by atoms with van der Waals surface area (Å²) in [5, 5.41) is 32.0. The van der Waals surface area contributed by atoms with Gasteiger partial charge in [0.25, 0.3) is 11.4 Å². The van der Waals surface area contributed by atoms with Crippen molar-refractivity contribution in [3.8, 4) is 34.5 Å². The molecule has 0 atom stereocenters. The van der Waals surface area contributed by atoms with Crippen LogP contribution in [0.5, 0.6) is 34.5 Å². The Morgan fingerprint density at radius 1 is 0.681 bits per heavy atom. The zero-order chi connectivity index (χ0) is 33.8. The lowest BCUT2D eigenvalue weighted by Crippen LogP contribution is -2.00. The Morgan fingerprint density at radius 3 is 1.57 bits per heavy atom. The SMILES string of the molecule is COc1ccc(Oc2c(C)cc([N+](=O)[O-])c3c2CCC3)cc1C=O.Cc1cc([N+](=O)[O-])c2c(c1Oc1ccc(O)c(C=O)c1)CCC2. The molecule has 0 bridgehead atoms. The van der Waals surface area contributed by atoms with Crippen LogP contribution in [-0.2, 0) is 25.7 Å². The van der Waals surface area contributed by atoms with Crippen LogP contribution in [0.3, 0.4) is 0 Å². The molecule has 12 heteroatoms. The van der Waals surface area contributed by atoms with Crippen LogP contribution in [0.25, 0.3) is 0 Å². The zero-order valence-corrected chi connectivity index (χ0v) is 26.0. The number of hydrogen-bond acceptors (Lipinski definition) is 10. The second kappa shape index (κ2) is 13.7. The van der Waals surface area contributed by atoms with E-state index in [-0.39, 0.29) is 32.5 Å². The molecule has 0 amide bonds. The second-order valence-corrected chi connectivity index (χ2v) is 11.3. The van der Waals surface area contributed by atoms with E-state index in [0.29, 0.717) is 70.9 Å². The molecule has 12 nitrogen and oxygen atoms in total. The van der Waals surface area contributed by atoms with Crippen LogP contribution >= 0.6 is 0 Å². The molecule has 1 N–H and O–H groups in total. The molecule has 0 unspecified atom stereocenters. The number of benzene rings is 4. The van der Waals surface area contributed by atoms with Crippen molar-refractivity contribution in [3.63, 3.8) is 0 Å². The summed E-state index contributed by atoms with van der Waals surface area (Å²) in [7, 11) is 1.50. The first kappa shape index (κ1) is 32.6. The number of hydrogen-bond donors (Lipinski definition) is 1. The van der Waals surface area contributed by atoms with E-state index in [2.05, 4.69) is 0 Å². The molecule has 242 valence electrons. The largest absolute Gasteiger partial charge is 0.507 e. The quantitative estimate of drug-likeness (QED) is 0.109. The zero-order valence-electron chi connectivity index (χ0n) is 26.0. The number of methoxy groups -OCH3 is 1. The highest BCUT2D eigenvalue weighted by molar-refractivity contribution is 5.80. The first-order valence-corrected chi connectivity index (χ1v) is 14.9. The first-order chi connectivity index (χ1) is 22.6. The fourth-order valence-corrected chi connectivity index (χ4v) is 6.15. The van der Waals surface area contributed by atoms with Gasteiger partial charge in [0.2, 0.25) is 0 Å². The molecule has 0 aromatic heterocycles. The van der Waals surface area contributed by atoms with Gasteiger partial charge in [-0.25, -0.2) is 0 Å². The van der Waals surface area contributed by atoms with E-state index in [9.17, 15) is 34.9 Å². The van der Waals surface area contributed by atoms with Gasteiger partial charge in [-0.1, -0.05) is 0 Å². The van der Waals surface area contributed by atoms with Crippen LogP contribution in [-0.4, -0.2) is 34.6 Å². The van der Waals surface area contributed by atoms with Gasteiger partial charge in [0, 0.05) is 34.4 Å². The van der Waals surface area contributed by atoms with E-state index in [4.69, 9.17) is 14.2 Å². The number of nitro benzene ring substituents is 2. The highest BCUT2D eigenvalue weighted by atomic mass is 16.6. The van der Waals surface area contributed by atoms with Crippen molar-refractivity contribution in [2.45, 2.75) is 52.4 Å². The van der Waals surface area contributed by atoms with Crippen molar-refractivity contribution in [2.75, 3.05) is 7.11 Å². The predicted molar refractivity (Wildman–Crippen MR) is 172 cm³/mol. The van der Waals surface area contributed by atoms with Gasteiger partial charge >= 0.3 is 0 Å². The topological polar surface area (TPSA) is 168 Å². The smallest absolute Gasteiger partial charge is 0.273 e. The van der Waals surface area contributed by atoms with Crippen LogP contribution in [0, 0.1) is 34.1 Å². The average molecular weight is 641 g/mol. The number of nitro groups is 2. The Hall–Kier alpha value is -5.78. The highest BCUT2D eigenvalue weighted by Crippen LogP contribution is 2.43. The summed E-state index contributed by atoms with van der Waals surface area (Å²) < 4.78 is 17.0. The van der Waals surface area contributed by atoms with E-state index in [1.807, 2.05) is 0 Å². The Morgan fingerprint density at radius 2 is 1.13 bits per heavy atom. The maximum absolute atomic E-state index is 11.2. The third-order valence-electron chi connectivity index (χ3n) is 8.31. The lowest BCUT2D eigenvalue weighted by Gasteiger charge is -2.15. The molecule has 0 fully saturated rings. The number of phenols is 1. The molecule has 6 rings (SSSR count). The minimum absolute atomic E-state index is 0.113. The van der Waals surface area contributed by atoms with E-state index >= 15 is 0 Å². The molecule has 2 aliphatic carbocycles. The van der Waals surface area contributed by atoms with Gasteiger partial charge in [-0.2, -0.15) is 0 Å². The van der Waals surface area contributed by atoms with Crippen molar-refractivity contribution >= 4 is 23.9 Å².